The first kappa shape index (κ1) is 11.0. The molecule has 0 amide bonds. The van der Waals surface area contributed by atoms with Crippen molar-refractivity contribution in [3.63, 3.8) is 0 Å². The highest BCUT2D eigenvalue weighted by molar-refractivity contribution is 6.29. The lowest BCUT2D eigenvalue weighted by Crippen LogP contribution is -2.15. The van der Waals surface area contributed by atoms with Crippen molar-refractivity contribution < 1.29 is 4.42 Å². The standard InChI is InChI=1S/C12H13ClN2O/c1-9-3-4-11(16-9)8-15(2)10-5-6-14-12(13)7-10/h3-7H,8H2,1-2H3. The van der Waals surface area contributed by atoms with Gasteiger partial charge in [0.2, 0.25) is 0 Å². The Balaban J connectivity index is 2.11. The smallest absolute Gasteiger partial charge is 0.131 e. The summed E-state index contributed by atoms with van der Waals surface area (Å²) in [7, 11) is 1.99. The molecule has 0 saturated carbocycles. The second-order valence-corrected chi connectivity index (χ2v) is 4.09. The SMILES string of the molecule is Cc1ccc(CN(C)c2ccnc(Cl)c2)o1. The maximum Gasteiger partial charge on any atom is 0.131 e. The topological polar surface area (TPSA) is 29.3 Å². The van der Waals surface area contributed by atoms with Crippen molar-refractivity contribution in [3.8, 4) is 0 Å². The van der Waals surface area contributed by atoms with Crippen LogP contribution >= 0.6 is 11.6 Å². The average molecular weight is 237 g/mol. The molecule has 2 rings (SSSR count). The number of aryl methyl sites for hydroxylation is 1. The maximum absolute atomic E-state index is 5.83. The zero-order chi connectivity index (χ0) is 11.5. The van der Waals surface area contributed by atoms with Crippen molar-refractivity contribution in [1.29, 1.82) is 0 Å². The molecule has 2 heterocycles. The summed E-state index contributed by atoms with van der Waals surface area (Å²) in [5.41, 5.74) is 1.02. The largest absolute Gasteiger partial charge is 0.464 e. The Morgan fingerprint density at radius 1 is 1.38 bits per heavy atom. The number of halogens is 1. The van der Waals surface area contributed by atoms with Crippen molar-refractivity contribution in [2.45, 2.75) is 13.5 Å². The van der Waals surface area contributed by atoms with Crippen molar-refractivity contribution in [3.05, 3.63) is 47.1 Å². The average Bonchev–Trinajstić information content (AvgIpc) is 2.64. The highest BCUT2D eigenvalue weighted by Crippen LogP contribution is 2.18. The second kappa shape index (κ2) is 4.58. The fourth-order valence-electron chi connectivity index (χ4n) is 1.52. The summed E-state index contributed by atoms with van der Waals surface area (Å²) < 4.78 is 5.52. The Morgan fingerprint density at radius 2 is 2.19 bits per heavy atom. The molecule has 0 spiro atoms. The first-order valence-corrected chi connectivity index (χ1v) is 5.41. The minimum atomic E-state index is 0.500. The van der Waals surface area contributed by atoms with E-state index in [0.29, 0.717) is 11.7 Å². The van der Waals surface area contributed by atoms with E-state index >= 15 is 0 Å². The van der Waals surface area contributed by atoms with Gasteiger partial charge in [-0.3, -0.25) is 0 Å². The number of furan rings is 1. The van der Waals surface area contributed by atoms with Gasteiger partial charge in [0.25, 0.3) is 0 Å². The summed E-state index contributed by atoms with van der Waals surface area (Å²) in [6.45, 7) is 2.65. The number of nitrogens with zero attached hydrogens (tertiary/aromatic N) is 2. The van der Waals surface area contributed by atoms with Gasteiger partial charge in [0, 0.05) is 18.9 Å². The third-order valence-electron chi connectivity index (χ3n) is 2.34. The molecule has 0 aliphatic heterocycles. The van der Waals surface area contributed by atoms with Gasteiger partial charge in [-0.2, -0.15) is 0 Å². The van der Waals surface area contributed by atoms with E-state index in [1.165, 1.54) is 0 Å². The van der Waals surface area contributed by atoms with Crippen LogP contribution in [0.4, 0.5) is 5.69 Å². The lowest BCUT2D eigenvalue weighted by atomic mass is 10.3. The summed E-state index contributed by atoms with van der Waals surface area (Å²) in [6, 6.07) is 7.69. The molecule has 0 unspecified atom stereocenters. The zero-order valence-electron chi connectivity index (χ0n) is 9.27. The molecule has 2 aromatic rings. The van der Waals surface area contributed by atoms with Gasteiger partial charge in [-0.05, 0) is 31.2 Å². The van der Waals surface area contributed by atoms with E-state index in [4.69, 9.17) is 16.0 Å². The number of hydrogen-bond acceptors (Lipinski definition) is 3. The Kier molecular flexibility index (Phi) is 3.15. The highest BCUT2D eigenvalue weighted by atomic mass is 35.5. The van der Waals surface area contributed by atoms with Crippen LogP contribution in [0, 0.1) is 6.92 Å². The molecule has 0 radical (unpaired) electrons. The fourth-order valence-corrected chi connectivity index (χ4v) is 1.69. The minimum Gasteiger partial charge on any atom is -0.464 e. The number of aromatic nitrogens is 1. The summed E-state index contributed by atoms with van der Waals surface area (Å²) in [4.78, 5) is 6.01. The van der Waals surface area contributed by atoms with E-state index in [-0.39, 0.29) is 0 Å². The van der Waals surface area contributed by atoms with Crippen molar-refractivity contribution >= 4 is 17.3 Å². The van der Waals surface area contributed by atoms with Crippen molar-refractivity contribution in [2.24, 2.45) is 0 Å². The Hall–Kier alpha value is -1.48. The number of hydrogen-bond donors (Lipinski definition) is 0. The molecule has 0 bridgehead atoms. The summed E-state index contributed by atoms with van der Waals surface area (Å²) in [5, 5.41) is 0.500. The first-order chi connectivity index (χ1) is 7.65. The second-order valence-electron chi connectivity index (χ2n) is 3.71. The predicted octanol–water partition coefficient (Wildman–Crippen LogP) is 3.27. The van der Waals surface area contributed by atoms with E-state index in [9.17, 15) is 0 Å². The van der Waals surface area contributed by atoms with Crippen LogP contribution in [-0.2, 0) is 6.54 Å². The number of pyridine rings is 1. The van der Waals surface area contributed by atoms with Crippen LogP contribution in [0.15, 0.2) is 34.9 Å². The van der Waals surface area contributed by atoms with Gasteiger partial charge >= 0.3 is 0 Å². The third-order valence-corrected chi connectivity index (χ3v) is 2.55. The van der Waals surface area contributed by atoms with Gasteiger partial charge in [0.15, 0.2) is 0 Å². The van der Waals surface area contributed by atoms with Gasteiger partial charge < -0.3 is 9.32 Å². The molecule has 84 valence electrons. The molecule has 0 atom stereocenters. The van der Waals surface area contributed by atoms with Gasteiger partial charge in [0.1, 0.15) is 16.7 Å². The molecule has 4 heteroatoms. The van der Waals surface area contributed by atoms with Gasteiger partial charge in [-0.15, -0.1) is 0 Å². The van der Waals surface area contributed by atoms with E-state index in [2.05, 4.69) is 9.88 Å². The molecule has 16 heavy (non-hydrogen) atoms. The van der Waals surface area contributed by atoms with Gasteiger partial charge in [-0.25, -0.2) is 4.98 Å². The van der Waals surface area contributed by atoms with E-state index in [1.54, 1.807) is 6.20 Å². The monoisotopic (exact) mass is 236 g/mol. The molecule has 2 aromatic heterocycles. The van der Waals surface area contributed by atoms with Crippen LogP contribution in [0.25, 0.3) is 0 Å². The van der Waals surface area contributed by atoms with Gasteiger partial charge in [0.05, 0.1) is 6.54 Å². The van der Waals surface area contributed by atoms with E-state index in [0.717, 1.165) is 17.2 Å². The summed E-state index contributed by atoms with van der Waals surface area (Å²) in [5.74, 6) is 1.86. The molecular weight excluding hydrogens is 224 g/mol. The quantitative estimate of drug-likeness (QED) is 0.766. The lowest BCUT2D eigenvalue weighted by molar-refractivity contribution is 0.482. The minimum absolute atomic E-state index is 0.500. The van der Waals surface area contributed by atoms with Crippen LogP contribution in [0.3, 0.4) is 0 Å². The molecule has 0 aromatic carbocycles. The van der Waals surface area contributed by atoms with Crippen molar-refractivity contribution in [2.75, 3.05) is 11.9 Å². The van der Waals surface area contributed by atoms with Crippen LogP contribution in [0.1, 0.15) is 11.5 Å². The zero-order valence-corrected chi connectivity index (χ0v) is 10.0. The maximum atomic E-state index is 5.83. The third kappa shape index (κ3) is 2.55. The Bertz CT molecular complexity index is 481. The number of rotatable bonds is 3. The molecule has 0 N–H and O–H groups in total. The first-order valence-electron chi connectivity index (χ1n) is 5.03. The van der Waals surface area contributed by atoms with Crippen LogP contribution < -0.4 is 4.90 Å². The molecule has 0 fully saturated rings. The molecule has 0 saturated heterocycles. The van der Waals surface area contributed by atoms with E-state index < -0.39 is 0 Å². The highest BCUT2D eigenvalue weighted by Gasteiger charge is 2.05. The Labute approximate surface area is 99.7 Å². The lowest BCUT2D eigenvalue weighted by Gasteiger charge is -2.17. The van der Waals surface area contributed by atoms with E-state index in [1.807, 2.05) is 38.2 Å². The number of anilines is 1. The molecule has 0 aliphatic rings. The fraction of sp³-hybridized carbons (Fsp3) is 0.250. The molecule has 0 aliphatic carbocycles. The van der Waals surface area contributed by atoms with Gasteiger partial charge in [-0.1, -0.05) is 11.6 Å². The normalized spacial score (nSPS) is 10.4. The molecule has 3 nitrogen and oxygen atoms in total. The van der Waals surface area contributed by atoms with Crippen molar-refractivity contribution in [1.82, 2.24) is 4.98 Å². The summed E-state index contributed by atoms with van der Waals surface area (Å²) in [6.07, 6.45) is 1.70. The summed E-state index contributed by atoms with van der Waals surface area (Å²) >= 11 is 5.83. The Morgan fingerprint density at radius 3 is 2.81 bits per heavy atom. The molecular formula is C12H13ClN2O. The van der Waals surface area contributed by atoms with Crippen LogP contribution in [0.2, 0.25) is 5.15 Å². The van der Waals surface area contributed by atoms with Crippen LogP contribution in [-0.4, -0.2) is 12.0 Å². The van der Waals surface area contributed by atoms with Crippen LogP contribution in [0.5, 0.6) is 0 Å². The predicted molar refractivity (Wildman–Crippen MR) is 64.8 cm³/mol.